The van der Waals surface area contributed by atoms with Crippen LogP contribution in [0.3, 0.4) is 0 Å². The number of likely N-dealkylation sites (N-methyl/N-ethyl adjacent to an activating group) is 1. The van der Waals surface area contributed by atoms with Crippen molar-refractivity contribution in [3.05, 3.63) is 18.3 Å². The summed E-state index contributed by atoms with van der Waals surface area (Å²) in [5.74, 6) is -0.0845. The van der Waals surface area contributed by atoms with E-state index in [-0.39, 0.29) is 41.6 Å². The second-order valence-corrected chi connectivity index (χ2v) is 7.12. The molecular weight excluding hydrogens is 282 g/mol. The van der Waals surface area contributed by atoms with E-state index in [9.17, 15) is 18.3 Å². The summed E-state index contributed by atoms with van der Waals surface area (Å²) in [6, 6.07) is 2.85. The van der Waals surface area contributed by atoms with Gasteiger partial charge in [-0.2, -0.15) is 0 Å². The molecule has 8 heteroatoms. The Bertz CT molecular complexity index is 602. The van der Waals surface area contributed by atoms with Gasteiger partial charge in [0.1, 0.15) is 0 Å². The number of nitrogens with one attached hydrogen (secondary N) is 1. The maximum atomic E-state index is 11.8. The summed E-state index contributed by atoms with van der Waals surface area (Å²) in [7, 11) is -1.26. The standard InChI is InChI=1S/C12H17N3O4S/c1-15(9-4-6-20(18,19)8-9)7-11(17)14-12-10(16)3-2-5-13-12/h2-3,5,9,16H,4,6-8H2,1H3,(H,13,14,17). The first-order chi connectivity index (χ1) is 9.37. The minimum atomic E-state index is -2.97. The van der Waals surface area contributed by atoms with Crippen LogP contribution < -0.4 is 5.32 Å². The lowest BCUT2D eigenvalue weighted by Crippen LogP contribution is -2.38. The largest absolute Gasteiger partial charge is 0.504 e. The second kappa shape index (κ2) is 5.76. The minimum Gasteiger partial charge on any atom is -0.504 e. The molecule has 0 saturated carbocycles. The van der Waals surface area contributed by atoms with Gasteiger partial charge in [-0.25, -0.2) is 13.4 Å². The van der Waals surface area contributed by atoms with Gasteiger partial charge in [0.05, 0.1) is 18.1 Å². The molecule has 2 N–H and O–H groups in total. The van der Waals surface area contributed by atoms with Gasteiger partial charge in [-0.1, -0.05) is 0 Å². The van der Waals surface area contributed by atoms with E-state index in [0.717, 1.165) is 0 Å². The van der Waals surface area contributed by atoms with Gasteiger partial charge in [-0.3, -0.25) is 9.69 Å². The number of sulfone groups is 1. The van der Waals surface area contributed by atoms with Gasteiger partial charge in [-0.05, 0) is 25.6 Å². The Morgan fingerprint density at radius 1 is 1.60 bits per heavy atom. The highest BCUT2D eigenvalue weighted by atomic mass is 32.2. The zero-order valence-electron chi connectivity index (χ0n) is 11.1. The van der Waals surface area contributed by atoms with Crippen LogP contribution in [0.1, 0.15) is 6.42 Å². The highest BCUT2D eigenvalue weighted by Crippen LogP contribution is 2.19. The lowest BCUT2D eigenvalue weighted by Gasteiger charge is -2.22. The molecule has 2 heterocycles. The van der Waals surface area contributed by atoms with Crippen molar-refractivity contribution in [2.75, 3.05) is 30.4 Å². The Hall–Kier alpha value is -1.67. The molecule has 1 aliphatic heterocycles. The van der Waals surface area contributed by atoms with Gasteiger partial charge in [0.15, 0.2) is 21.4 Å². The van der Waals surface area contributed by atoms with E-state index < -0.39 is 9.84 Å². The molecule has 1 amide bonds. The summed E-state index contributed by atoms with van der Waals surface area (Å²) >= 11 is 0. The molecule has 1 fully saturated rings. The molecule has 7 nitrogen and oxygen atoms in total. The number of nitrogens with zero attached hydrogens (tertiary/aromatic N) is 2. The molecule has 1 unspecified atom stereocenters. The fraction of sp³-hybridized carbons (Fsp3) is 0.500. The Morgan fingerprint density at radius 3 is 2.95 bits per heavy atom. The van der Waals surface area contributed by atoms with Crippen LogP contribution in [0.2, 0.25) is 0 Å². The third-order valence-corrected chi connectivity index (χ3v) is 5.02. The zero-order valence-corrected chi connectivity index (χ0v) is 11.9. The van der Waals surface area contributed by atoms with Crippen LogP contribution in [0.5, 0.6) is 5.75 Å². The molecule has 1 aromatic rings. The third-order valence-electron chi connectivity index (χ3n) is 3.27. The van der Waals surface area contributed by atoms with E-state index in [4.69, 9.17) is 0 Å². The molecule has 0 spiro atoms. The first-order valence-corrected chi connectivity index (χ1v) is 8.04. The molecular formula is C12H17N3O4S. The van der Waals surface area contributed by atoms with Crippen LogP contribution in [-0.2, 0) is 14.6 Å². The molecule has 0 aliphatic carbocycles. The highest BCUT2D eigenvalue weighted by Gasteiger charge is 2.31. The summed E-state index contributed by atoms with van der Waals surface area (Å²) < 4.78 is 22.8. The van der Waals surface area contributed by atoms with E-state index in [0.29, 0.717) is 6.42 Å². The predicted molar refractivity (Wildman–Crippen MR) is 74.2 cm³/mol. The molecule has 0 bridgehead atoms. The number of aromatic hydroxyl groups is 1. The van der Waals surface area contributed by atoms with Crippen molar-refractivity contribution >= 4 is 21.6 Å². The van der Waals surface area contributed by atoms with Crippen molar-refractivity contribution in [3.8, 4) is 5.75 Å². The van der Waals surface area contributed by atoms with Crippen molar-refractivity contribution in [1.82, 2.24) is 9.88 Å². The van der Waals surface area contributed by atoms with Gasteiger partial charge in [-0.15, -0.1) is 0 Å². The molecule has 1 atom stereocenters. The lowest BCUT2D eigenvalue weighted by atomic mass is 10.2. The van der Waals surface area contributed by atoms with Crippen LogP contribution in [0.25, 0.3) is 0 Å². The molecule has 1 aliphatic rings. The number of hydrogen-bond acceptors (Lipinski definition) is 6. The summed E-state index contributed by atoms with van der Waals surface area (Å²) in [5, 5.41) is 12.0. The van der Waals surface area contributed by atoms with Gasteiger partial charge >= 0.3 is 0 Å². The lowest BCUT2D eigenvalue weighted by molar-refractivity contribution is -0.117. The average molecular weight is 299 g/mol. The summed E-state index contributed by atoms with van der Waals surface area (Å²) in [4.78, 5) is 17.4. The Kier molecular flexibility index (Phi) is 4.24. The smallest absolute Gasteiger partial charge is 0.239 e. The molecule has 20 heavy (non-hydrogen) atoms. The zero-order chi connectivity index (χ0) is 14.8. The van der Waals surface area contributed by atoms with E-state index in [2.05, 4.69) is 10.3 Å². The van der Waals surface area contributed by atoms with Crippen molar-refractivity contribution < 1.29 is 18.3 Å². The van der Waals surface area contributed by atoms with Crippen molar-refractivity contribution in [3.63, 3.8) is 0 Å². The van der Waals surface area contributed by atoms with Gasteiger partial charge in [0.2, 0.25) is 5.91 Å². The van der Waals surface area contributed by atoms with Gasteiger partial charge < -0.3 is 10.4 Å². The van der Waals surface area contributed by atoms with Crippen molar-refractivity contribution in [1.29, 1.82) is 0 Å². The first-order valence-electron chi connectivity index (χ1n) is 6.22. The monoisotopic (exact) mass is 299 g/mol. The quantitative estimate of drug-likeness (QED) is 0.802. The molecule has 2 rings (SSSR count). The first kappa shape index (κ1) is 14.7. The van der Waals surface area contributed by atoms with E-state index in [1.54, 1.807) is 18.0 Å². The van der Waals surface area contributed by atoms with Crippen molar-refractivity contribution in [2.45, 2.75) is 12.5 Å². The third kappa shape index (κ3) is 3.67. The number of hydrogen-bond donors (Lipinski definition) is 2. The number of amides is 1. The number of anilines is 1. The SMILES string of the molecule is CN(CC(=O)Nc1ncccc1O)C1CCS(=O)(=O)C1. The maximum Gasteiger partial charge on any atom is 0.239 e. The topological polar surface area (TPSA) is 99.6 Å². The van der Waals surface area contributed by atoms with Gasteiger partial charge in [0.25, 0.3) is 0 Å². The Morgan fingerprint density at radius 2 is 2.35 bits per heavy atom. The second-order valence-electron chi connectivity index (χ2n) is 4.89. The fourth-order valence-corrected chi connectivity index (χ4v) is 3.95. The molecule has 1 aromatic heterocycles. The van der Waals surface area contributed by atoms with Crippen LogP contribution >= 0.6 is 0 Å². The summed E-state index contributed by atoms with van der Waals surface area (Å²) in [6.45, 7) is 0.0518. The van der Waals surface area contributed by atoms with Crippen LogP contribution in [0.15, 0.2) is 18.3 Å². The molecule has 110 valence electrons. The Balaban J connectivity index is 1.90. The van der Waals surface area contributed by atoms with E-state index in [1.807, 2.05) is 0 Å². The number of carbonyl (C=O) groups is 1. The molecule has 1 saturated heterocycles. The number of pyridine rings is 1. The summed E-state index contributed by atoms with van der Waals surface area (Å²) in [5.41, 5.74) is 0. The van der Waals surface area contributed by atoms with Crippen LogP contribution in [-0.4, -0.2) is 60.5 Å². The fourth-order valence-electron chi connectivity index (χ4n) is 2.14. The molecule has 0 aromatic carbocycles. The molecule has 0 radical (unpaired) electrons. The maximum absolute atomic E-state index is 11.8. The number of carbonyl (C=O) groups excluding carboxylic acids is 1. The van der Waals surface area contributed by atoms with E-state index >= 15 is 0 Å². The van der Waals surface area contributed by atoms with Gasteiger partial charge in [0, 0.05) is 12.2 Å². The highest BCUT2D eigenvalue weighted by molar-refractivity contribution is 7.91. The van der Waals surface area contributed by atoms with Crippen LogP contribution in [0, 0.1) is 0 Å². The normalized spacial score (nSPS) is 21.0. The van der Waals surface area contributed by atoms with Crippen LogP contribution in [0.4, 0.5) is 5.82 Å². The Labute approximate surface area is 117 Å². The number of aromatic nitrogens is 1. The van der Waals surface area contributed by atoms with E-state index in [1.165, 1.54) is 12.3 Å². The predicted octanol–water partition coefficient (Wildman–Crippen LogP) is -0.155. The van der Waals surface area contributed by atoms with Crippen molar-refractivity contribution in [2.24, 2.45) is 0 Å². The average Bonchev–Trinajstić information content (AvgIpc) is 2.73. The number of rotatable bonds is 4. The summed E-state index contributed by atoms with van der Waals surface area (Å²) in [6.07, 6.45) is 2.00. The minimum absolute atomic E-state index is 0.0518.